The SMILES string of the molecule is CCN(CC)C1(CN)CCCCC1OC. The van der Waals surface area contributed by atoms with E-state index in [-0.39, 0.29) is 5.54 Å². The van der Waals surface area contributed by atoms with Crippen LogP contribution in [0.1, 0.15) is 39.5 Å². The summed E-state index contributed by atoms with van der Waals surface area (Å²) < 4.78 is 5.66. The molecular weight excluding hydrogens is 188 g/mol. The zero-order valence-corrected chi connectivity index (χ0v) is 10.5. The third-order valence-corrected chi connectivity index (χ3v) is 3.96. The Kier molecular flexibility index (Phi) is 5.03. The van der Waals surface area contributed by atoms with Gasteiger partial charge in [-0.3, -0.25) is 4.90 Å². The first kappa shape index (κ1) is 12.9. The number of ether oxygens (including phenoxy) is 1. The molecule has 1 rings (SSSR count). The van der Waals surface area contributed by atoms with E-state index in [1.54, 1.807) is 0 Å². The minimum atomic E-state index is 0.0938. The third kappa shape index (κ3) is 2.35. The standard InChI is InChI=1S/C12H26N2O/c1-4-14(5-2)12(10-13)9-7-6-8-11(12)15-3/h11H,4-10,13H2,1-3H3. The van der Waals surface area contributed by atoms with Gasteiger partial charge in [-0.25, -0.2) is 0 Å². The van der Waals surface area contributed by atoms with E-state index in [2.05, 4.69) is 18.7 Å². The number of likely N-dealkylation sites (N-methyl/N-ethyl adjacent to an activating group) is 1. The van der Waals surface area contributed by atoms with E-state index in [0.29, 0.717) is 12.6 Å². The average Bonchev–Trinajstić information content (AvgIpc) is 2.31. The molecule has 0 heterocycles. The Morgan fingerprint density at radius 3 is 2.47 bits per heavy atom. The first-order valence-corrected chi connectivity index (χ1v) is 6.23. The third-order valence-electron chi connectivity index (χ3n) is 3.96. The molecular formula is C12H26N2O. The van der Waals surface area contributed by atoms with Gasteiger partial charge in [-0.05, 0) is 25.9 Å². The molecule has 90 valence electrons. The molecule has 3 heteroatoms. The highest BCUT2D eigenvalue weighted by Crippen LogP contribution is 2.34. The van der Waals surface area contributed by atoms with Crippen LogP contribution in [0.2, 0.25) is 0 Å². The van der Waals surface area contributed by atoms with Crippen molar-refractivity contribution in [3.63, 3.8) is 0 Å². The second kappa shape index (κ2) is 5.83. The fraction of sp³-hybridized carbons (Fsp3) is 1.00. The minimum absolute atomic E-state index is 0.0938. The van der Waals surface area contributed by atoms with Crippen LogP contribution in [0.5, 0.6) is 0 Å². The first-order valence-electron chi connectivity index (χ1n) is 6.23. The highest BCUT2D eigenvalue weighted by Gasteiger charge is 2.43. The molecule has 0 aromatic carbocycles. The van der Waals surface area contributed by atoms with Gasteiger partial charge in [-0.1, -0.05) is 26.7 Å². The van der Waals surface area contributed by atoms with Crippen LogP contribution >= 0.6 is 0 Å². The lowest BCUT2D eigenvalue weighted by Crippen LogP contribution is -2.62. The molecule has 1 saturated carbocycles. The summed E-state index contributed by atoms with van der Waals surface area (Å²) in [4.78, 5) is 2.49. The van der Waals surface area contributed by atoms with E-state index in [9.17, 15) is 0 Å². The molecule has 0 saturated heterocycles. The zero-order chi connectivity index (χ0) is 11.3. The molecule has 2 atom stereocenters. The predicted molar refractivity (Wildman–Crippen MR) is 64.0 cm³/mol. The number of methoxy groups -OCH3 is 1. The molecule has 1 fully saturated rings. The number of hydrogen-bond donors (Lipinski definition) is 1. The predicted octanol–water partition coefficient (Wildman–Crippen LogP) is 1.61. The molecule has 2 unspecified atom stereocenters. The van der Waals surface area contributed by atoms with Gasteiger partial charge in [-0.15, -0.1) is 0 Å². The van der Waals surface area contributed by atoms with Gasteiger partial charge in [0.05, 0.1) is 11.6 Å². The van der Waals surface area contributed by atoms with Crippen LogP contribution in [0.25, 0.3) is 0 Å². The fourth-order valence-electron chi connectivity index (χ4n) is 3.11. The Morgan fingerprint density at radius 2 is 2.00 bits per heavy atom. The van der Waals surface area contributed by atoms with Crippen LogP contribution in [0.4, 0.5) is 0 Å². The van der Waals surface area contributed by atoms with Crippen LogP contribution in [0.3, 0.4) is 0 Å². The molecule has 0 radical (unpaired) electrons. The van der Waals surface area contributed by atoms with Crippen molar-refractivity contribution in [3.05, 3.63) is 0 Å². The zero-order valence-electron chi connectivity index (χ0n) is 10.5. The first-order chi connectivity index (χ1) is 7.25. The Labute approximate surface area is 94.0 Å². The monoisotopic (exact) mass is 214 g/mol. The highest BCUT2D eigenvalue weighted by atomic mass is 16.5. The van der Waals surface area contributed by atoms with E-state index in [1.165, 1.54) is 19.3 Å². The summed E-state index contributed by atoms with van der Waals surface area (Å²) >= 11 is 0. The number of nitrogens with two attached hydrogens (primary N) is 1. The maximum Gasteiger partial charge on any atom is 0.0767 e. The van der Waals surface area contributed by atoms with Crippen LogP contribution < -0.4 is 5.73 Å². The van der Waals surface area contributed by atoms with Gasteiger partial charge in [0.2, 0.25) is 0 Å². The van der Waals surface area contributed by atoms with Crippen LogP contribution in [-0.2, 0) is 4.74 Å². The molecule has 15 heavy (non-hydrogen) atoms. The van der Waals surface area contributed by atoms with Crippen molar-refractivity contribution in [3.8, 4) is 0 Å². The molecule has 0 aromatic rings. The van der Waals surface area contributed by atoms with Crippen LogP contribution in [-0.4, -0.2) is 43.3 Å². The van der Waals surface area contributed by atoms with E-state index in [1.807, 2.05) is 7.11 Å². The molecule has 0 amide bonds. The summed E-state index contributed by atoms with van der Waals surface area (Å²) in [5.41, 5.74) is 6.13. The van der Waals surface area contributed by atoms with Crippen molar-refractivity contribution in [1.82, 2.24) is 4.90 Å². The van der Waals surface area contributed by atoms with Crippen molar-refractivity contribution in [2.75, 3.05) is 26.7 Å². The van der Waals surface area contributed by atoms with E-state index in [0.717, 1.165) is 19.5 Å². The second-order valence-electron chi connectivity index (χ2n) is 4.45. The summed E-state index contributed by atoms with van der Waals surface area (Å²) in [5.74, 6) is 0. The van der Waals surface area contributed by atoms with E-state index >= 15 is 0 Å². The summed E-state index contributed by atoms with van der Waals surface area (Å²) in [7, 11) is 1.82. The number of nitrogens with zero attached hydrogens (tertiary/aromatic N) is 1. The molecule has 1 aliphatic rings. The Morgan fingerprint density at radius 1 is 1.33 bits per heavy atom. The highest BCUT2D eigenvalue weighted by molar-refractivity contribution is 5.00. The average molecular weight is 214 g/mol. The van der Waals surface area contributed by atoms with Crippen molar-refractivity contribution < 1.29 is 4.74 Å². The maximum absolute atomic E-state index is 6.03. The van der Waals surface area contributed by atoms with Crippen molar-refractivity contribution in [1.29, 1.82) is 0 Å². The van der Waals surface area contributed by atoms with Crippen LogP contribution in [0.15, 0.2) is 0 Å². The van der Waals surface area contributed by atoms with Crippen molar-refractivity contribution in [2.45, 2.75) is 51.2 Å². The van der Waals surface area contributed by atoms with Crippen molar-refractivity contribution >= 4 is 0 Å². The normalized spacial score (nSPS) is 32.2. The molecule has 0 aliphatic heterocycles. The molecule has 0 bridgehead atoms. The maximum atomic E-state index is 6.03. The fourth-order valence-corrected chi connectivity index (χ4v) is 3.11. The van der Waals surface area contributed by atoms with Gasteiger partial charge < -0.3 is 10.5 Å². The molecule has 0 spiro atoms. The summed E-state index contributed by atoms with van der Waals surface area (Å²) in [6.45, 7) is 7.26. The van der Waals surface area contributed by atoms with Gasteiger partial charge in [0.25, 0.3) is 0 Å². The topological polar surface area (TPSA) is 38.5 Å². The summed E-state index contributed by atoms with van der Waals surface area (Å²) in [6, 6.07) is 0. The second-order valence-corrected chi connectivity index (χ2v) is 4.45. The van der Waals surface area contributed by atoms with Gasteiger partial charge >= 0.3 is 0 Å². The Balaban J connectivity index is 2.86. The smallest absolute Gasteiger partial charge is 0.0767 e. The summed E-state index contributed by atoms with van der Waals surface area (Å²) in [6.07, 6.45) is 5.22. The van der Waals surface area contributed by atoms with Gasteiger partial charge in [0, 0.05) is 13.7 Å². The molecule has 0 aromatic heterocycles. The number of rotatable bonds is 5. The van der Waals surface area contributed by atoms with Crippen LogP contribution in [0, 0.1) is 0 Å². The lowest BCUT2D eigenvalue weighted by atomic mass is 9.77. The number of hydrogen-bond acceptors (Lipinski definition) is 3. The lowest BCUT2D eigenvalue weighted by Gasteiger charge is -2.49. The Bertz CT molecular complexity index is 173. The quantitative estimate of drug-likeness (QED) is 0.755. The molecule has 3 nitrogen and oxygen atoms in total. The Hall–Kier alpha value is -0.120. The van der Waals surface area contributed by atoms with E-state index < -0.39 is 0 Å². The van der Waals surface area contributed by atoms with Gasteiger partial charge in [0.15, 0.2) is 0 Å². The molecule has 2 N–H and O–H groups in total. The summed E-state index contributed by atoms with van der Waals surface area (Å²) in [5, 5.41) is 0. The largest absolute Gasteiger partial charge is 0.379 e. The minimum Gasteiger partial charge on any atom is -0.379 e. The van der Waals surface area contributed by atoms with Gasteiger partial charge in [-0.2, -0.15) is 0 Å². The van der Waals surface area contributed by atoms with Crippen molar-refractivity contribution in [2.24, 2.45) is 5.73 Å². The van der Waals surface area contributed by atoms with Gasteiger partial charge in [0.1, 0.15) is 0 Å². The lowest BCUT2D eigenvalue weighted by molar-refractivity contribution is -0.0719. The molecule has 1 aliphatic carbocycles. The van der Waals surface area contributed by atoms with E-state index in [4.69, 9.17) is 10.5 Å².